The second-order valence-corrected chi connectivity index (χ2v) is 4.43. The van der Waals surface area contributed by atoms with E-state index in [2.05, 4.69) is 0 Å². The van der Waals surface area contributed by atoms with Gasteiger partial charge in [-0.25, -0.2) is 0 Å². The number of ketones is 2. The molecule has 0 radical (unpaired) electrons. The van der Waals surface area contributed by atoms with Crippen molar-refractivity contribution in [3.63, 3.8) is 0 Å². The lowest BCUT2D eigenvalue weighted by Crippen LogP contribution is -2.46. The van der Waals surface area contributed by atoms with Gasteiger partial charge in [0.15, 0.2) is 0 Å². The molecule has 0 aromatic rings. The fourth-order valence-corrected chi connectivity index (χ4v) is 1.07. The van der Waals surface area contributed by atoms with Gasteiger partial charge in [0.2, 0.25) is 0 Å². The first-order valence-corrected chi connectivity index (χ1v) is 4.47. The van der Waals surface area contributed by atoms with Crippen LogP contribution in [0.5, 0.6) is 0 Å². The van der Waals surface area contributed by atoms with Crippen molar-refractivity contribution >= 4 is 11.6 Å². The molecule has 0 atom stereocenters. The Morgan fingerprint density at radius 2 is 1.31 bits per heavy atom. The molecule has 3 nitrogen and oxygen atoms in total. The summed E-state index contributed by atoms with van der Waals surface area (Å²) in [7, 11) is 0. The molecule has 0 saturated heterocycles. The number of hydrogen-bond donors (Lipinski definition) is 0. The Kier molecular flexibility index (Phi) is 4.27. The molecule has 76 valence electrons. The van der Waals surface area contributed by atoms with Gasteiger partial charge in [-0.2, -0.15) is 0 Å². The van der Waals surface area contributed by atoms with Crippen molar-refractivity contribution in [3.05, 3.63) is 0 Å². The van der Waals surface area contributed by atoms with Crippen LogP contribution in [0.1, 0.15) is 34.6 Å². The van der Waals surface area contributed by atoms with E-state index in [4.69, 9.17) is 0 Å². The number of Topliss-reactive ketones (excluding diaryl/α,β-unsaturated/α-hetero) is 2. The molecule has 0 heterocycles. The van der Waals surface area contributed by atoms with Crippen LogP contribution < -0.4 is 0 Å². The maximum atomic E-state index is 10.9. The minimum Gasteiger partial charge on any atom is -0.299 e. The highest BCUT2D eigenvalue weighted by Gasteiger charge is 2.23. The van der Waals surface area contributed by atoms with E-state index < -0.39 is 0 Å². The molecule has 0 bridgehead atoms. The minimum atomic E-state index is -0.128. The van der Waals surface area contributed by atoms with Crippen molar-refractivity contribution in [1.29, 1.82) is 0 Å². The second-order valence-electron chi connectivity index (χ2n) is 4.43. The van der Waals surface area contributed by atoms with Gasteiger partial charge >= 0.3 is 0 Å². The van der Waals surface area contributed by atoms with Gasteiger partial charge < -0.3 is 0 Å². The van der Waals surface area contributed by atoms with Crippen molar-refractivity contribution < 1.29 is 9.59 Å². The third kappa shape index (κ3) is 5.53. The van der Waals surface area contributed by atoms with E-state index in [1.807, 2.05) is 25.7 Å². The Morgan fingerprint density at radius 1 is 1.00 bits per heavy atom. The highest BCUT2D eigenvalue weighted by atomic mass is 16.1. The minimum absolute atomic E-state index is 0.0937. The standard InChI is InChI=1S/C10H19NO2/c1-8(12)6-11(7-9(2)13)10(3,4)5/h6-7H2,1-5H3. The third-order valence-electron chi connectivity index (χ3n) is 1.78. The predicted molar refractivity (Wildman–Crippen MR) is 52.7 cm³/mol. The maximum Gasteiger partial charge on any atom is 0.143 e. The van der Waals surface area contributed by atoms with Crippen LogP contribution in [-0.2, 0) is 9.59 Å². The lowest BCUT2D eigenvalue weighted by Gasteiger charge is -2.33. The summed E-state index contributed by atoms with van der Waals surface area (Å²) < 4.78 is 0. The molecule has 0 aromatic carbocycles. The first-order valence-electron chi connectivity index (χ1n) is 4.47. The number of carbonyl (C=O) groups is 2. The van der Waals surface area contributed by atoms with Crippen LogP contribution >= 0.6 is 0 Å². The van der Waals surface area contributed by atoms with Gasteiger partial charge in [-0.05, 0) is 34.6 Å². The monoisotopic (exact) mass is 185 g/mol. The average Bonchev–Trinajstić information content (AvgIpc) is 1.81. The van der Waals surface area contributed by atoms with Crippen molar-refractivity contribution in [2.24, 2.45) is 0 Å². The zero-order valence-electron chi connectivity index (χ0n) is 9.18. The van der Waals surface area contributed by atoms with Crippen molar-refractivity contribution in [3.8, 4) is 0 Å². The Balaban J connectivity index is 4.37. The topological polar surface area (TPSA) is 37.4 Å². The SMILES string of the molecule is CC(=O)CN(CC(C)=O)C(C)(C)C. The summed E-state index contributed by atoms with van der Waals surface area (Å²) in [6.07, 6.45) is 0. The summed E-state index contributed by atoms with van der Waals surface area (Å²) in [6, 6.07) is 0. The summed E-state index contributed by atoms with van der Waals surface area (Å²) in [4.78, 5) is 23.7. The molecule has 3 heteroatoms. The van der Waals surface area contributed by atoms with E-state index in [1.54, 1.807) is 13.8 Å². The van der Waals surface area contributed by atoms with Crippen LogP contribution in [0.4, 0.5) is 0 Å². The lowest BCUT2D eigenvalue weighted by molar-refractivity contribution is -0.122. The third-order valence-corrected chi connectivity index (χ3v) is 1.78. The van der Waals surface area contributed by atoms with Crippen LogP contribution in [0.25, 0.3) is 0 Å². The highest BCUT2D eigenvalue weighted by molar-refractivity contribution is 5.80. The molecule has 0 N–H and O–H groups in total. The number of hydrogen-bond acceptors (Lipinski definition) is 3. The molecule has 0 aliphatic heterocycles. The van der Waals surface area contributed by atoms with Crippen LogP contribution in [0, 0.1) is 0 Å². The summed E-state index contributed by atoms with van der Waals surface area (Å²) in [5, 5.41) is 0. The summed E-state index contributed by atoms with van der Waals surface area (Å²) in [5.41, 5.74) is -0.128. The Bertz CT molecular complexity index is 187. The molecule has 0 unspecified atom stereocenters. The van der Waals surface area contributed by atoms with Gasteiger partial charge in [-0.15, -0.1) is 0 Å². The van der Waals surface area contributed by atoms with Crippen LogP contribution in [0.2, 0.25) is 0 Å². The van der Waals surface area contributed by atoms with Crippen molar-refractivity contribution in [1.82, 2.24) is 4.90 Å². The van der Waals surface area contributed by atoms with E-state index in [0.717, 1.165) is 0 Å². The normalized spacial score (nSPS) is 11.8. The van der Waals surface area contributed by atoms with Gasteiger partial charge in [0.25, 0.3) is 0 Å². The van der Waals surface area contributed by atoms with Crippen LogP contribution in [-0.4, -0.2) is 35.1 Å². The molecule has 0 amide bonds. The summed E-state index contributed by atoms with van der Waals surface area (Å²) >= 11 is 0. The molecule has 0 fully saturated rings. The second kappa shape index (κ2) is 4.51. The van der Waals surface area contributed by atoms with E-state index >= 15 is 0 Å². The number of nitrogens with zero attached hydrogens (tertiary/aromatic N) is 1. The van der Waals surface area contributed by atoms with Crippen molar-refractivity contribution in [2.45, 2.75) is 40.2 Å². The first-order chi connectivity index (χ1) is 5.73. The molecule has 0 saturated carbocycles. The Hall–Kier alpha value is -0.700. The quantitative estimate of drug-likeness (QED) is 0.661. The predicted octanol–water partition coefficient (Wildman–Crippen LogP) is 1.26. The largest absolute Gasteiger partial charge is 0.299 e. The molecule has 0 spiro atoms. The zero-order chi connectivity index (χ0) is 10.6. The average molecular weight is 185 g/mol. The fraction of sp³-hybridized carbons (Fsp3) is 0.800. The molecule has 0 aliphatic rings. The van der Waals surface area contributed by atoms with E-state index in [0.29, 0.717) is 13.1 Å². The molecule has 0 aliphatic carbocycles. The van der Waals surface area contributed by atoms with E-state index in [-0.39, 0.29) is 17.1 Å². The van der Waals surface area contributed by atoms with E-state index in [1.165, 1.54) is 0 Å². The smallest absolute Gasteiger partial charge is 0.143 e. The van der Waals surface area contributed by atoms with Crippen LogP contribution in [0.3, 0.4) is 0 Å². The molecule has 0 aromatic heterocycles. The maximum absolute atomic E-state index is 10.9. The lowest BCUT2D eigenvalue weighted by atomic mass is 10.1. The van der Waals surface area contributed by atoms with Crippen LogP contribution in [0.15, 0.2) is 0 Å². The van der Waals surface area contributed by atoms with Gasteiger partial charge in [0, 0.05) is 5.54 Å². The highest BCUT2D eigenvalue weighted by Crippen LogP contribution is 2.12. The molecular formula is C10H19NO2. The van der Waals surface area contributed by atoms with Gasteiger partial charge in [-0.3, -0.25) is 14.5 Å². The molecule has 0 rings (SSSR count). The van der Waals surface area contributed by atoms with Gasteiger partial charge in [0.05, 0.1) is 13.1 Å². The zero-order valence-corrected chi connectivity index (χ0v) is 9.18. The number of rotatable bonds is 4. The Morgan fingerprint density at radius 3 is 1.46 bits per heavy atom. The van der Waals surface area contributed by atoms with Gasteiger partial charge in [-0.1, -0.05) is 0 Å². The number of carbonyl (C=O) groups excluding carboxylic acids is 2. The first kappa shape index (κ1) is 12.3. The van der Waals surface area contributed by atoms with Gasteiger partial charge in [0.1, 0.15) is 11.6 Å². The van der Waals surface area contributed by atoms with E-state index in [9.17, 15) is 9.59 Å². The molecule has 13 heavy (non-hydrogen) atoms. The summed E-state index contributed by atoms with van der Waals surface area (Å²) in [5.74, 6) is 0.187. The Labute approximate surface area is 80.1 Å². The fourth-order valence-electron chi connectivity index (χ4n) is 1.07. The molecular weight excluding hydrogens is 166 g/mol. The summed E-state index contributed by atoms with van der Waals surface area (Å²) in [6.45, 7) is 9.78. The van der Waals surface area contributed by atoms with Crippen molar-refractivity contribution in [2.75, 3.05) is 13.1 Å².